The number of H-pyrrole nitrogens is 1. The van der Waals surface area contributed by atoms with E-state index in [0.717, 1.165) is 50.6 Å². The third-order valence-electron chi connectivity index (χ3n) is 5.89. The fourth-order valence-corrected chi connectivity index (χ4v) is 4.03. The number of carbonyl (C=O) groups is 1. The Balaban J connectivity index is 1.60. The molecule has 1 aromatic rings. The van der Waals surface area contributed by atoms with Gasteiger partial charge in [-0.3, -0.25) is 14.6 Å². The fraction of sp³-hybridized carbons (Fsp3) is 0.750. The number of carbonyl (C=O) groups excluding carboxylic acids is 1. The van der Waals surface area contributed by atoms with E-state index in [2.05, 4.69) is 16.9 Å². The monoisotopic (exact) mass is 376 g/mol. The van der Waals surface area contributed by atoms with Crippen molar-refractivity contribution in [2.45, 2.75) is 52.4 Å². The van der Waals surface area contributed by atoms with E-state index in [-0.39, 0.29) is 11.5 Å². The summed E-state index contributed by atoms with van der Waals surface area (Å²) in [5.41, 5.74) is 1.22. The summed E-state index contributed by atoms with van der Waals surface area (Å²) in [6.45, 7) is 8.53. The zero-order chi connectivity index (χ0) is 19.2. The first-order valence-electron chi connectivity index (χ1n) is 10.3. The molecule has 7 heteroatoms. The predicted octanol–water partition coefficient (Wildman–Crippen LogP) is 1.89. The number of nitrogens with zero attached hydrogens (tertiary/aromatic N) is 3. The van der Waals surface area contributed by atoms with Gasteiger partial charge in [-0.25, -0.2) is 4.98 Å². The summed E-state index contributed by atoms with van der Waals surface area (Å²) < 4.78 is 5.35. The lowest BCUT2D eigenvalue weighted by molar-refractivity contribution is -0.131. The van der Waals surface area contributed by atoms with E-state index in [4.69, 9.17) is 4.74 Å². The first-order chi connectivity index (χ1) is 13.1. The van der Waals surface area contributed by atoms with E-state index in [9.17, 15) is 9.59 Å². The minimum atomic E-state index is -0.126. The van der Waals surface area contributed by atoms with Gasteiger partial charge in [-0.2, -0.15) is 0 Å². The lowest BCUT2D eigenvalue weighted by atomic mass is 9.98. The van der Waals surface area contributed by atoms with Crippen LogP contribution in [0.3, 0.4) is 0 Å². The Morgan fingerprint density at radius 3 is 2.70 bits per heavy atom. The van der Waals surface area contributed by atoms with Crippen LogP contribution in [0, 0.1) is 12.8 Å². The van der Waals surface area contributed by atoms with Gasteiger partial charge in [0.2, 0.25) is 11.9 Å². The summed E-state index contributed by atoms with van der Waals surface area (Å²) in [5, 5.41) is 0. The molecule has 0 spiro atoms. The van der Waals surface area contributed by atoms with Crippen LogP contribution < -0.4 is 10.5 Å². The average molecular weight is 377 g/mol. The molecule has 1 N–H and O–H groups in total. The molecule has 0 unspecified atom stereocenters. The Labute approximate surface area is 161 Å². The third-order valence-corrected chi connectivity index (χ3v) is 5.89. The number of aromatic amines is 1. The Hall–Kier alpha value is -1.89. The smallest absolute Gasteiger partial charge is 0.255 e. The molecule has 0 bridgehead atoms. The van der Waals surface area contributed by atoms with Gasteiger partial charge >= 0.3 is 0 Å². The van der Waals surface area contributed by atoms with Crippen molar-refractivity contribution in [3.8, 4) is 0 Å². The van der Waals surface area contributed by atoms with Crippen LogP contribution in [0.2, 0.25) is 0 Å². The molecule has 7 nitrogen and oxygen atoms in total. The molecule has 2 aliphatic rings. The summed E-state index contributed by atoms with van der Waals surface area (Å²) in [4.78, 5) is 36.7. The maximum atomic E-state index is 12.6. The second-order valence-electron chi connectivity index (χ2n) is 7.64. The van der Waals surface area contributed by atoms with Crippen molar-refractivity contribution in [2.24, 2.45) is 5.92 Å². The maximum absolute atomic E-state index is 12.6. The molecular formula is C20H32N4O3. The van der Waals surface area contributed by atoms with Crippen molar-refractivity contribution in [3.05, 3.63) is 21.6 Å². The van der Waals surface area contributed by atoms with Crippen LogP contribution in [0.5, 0.6) is 0 Å². The highest BCUT2D eigenvalue weighted by atomic mass is 16.5. The molecule has 0 radical (unpaired) electrons. The number of morpholine rings is 1. The van der Waals surface area contributed by atoms with Gasteiger partial charge in [0, 0.05) is 43.9 Å². The molecule has 150 valence electrons. The molecule has 1 atom stereocenters. The van der Waals surface area contributed by atoms with Crippen molar-refractivity contribution in [1.29, 1.82) is 0 Å². The lowest BCUT2D eigenvalue weighted by Gasteiger charge is -2.27. The van der Waals surface area contributed by atoms with Crippen molar-refractivity contribution in [3.63, 3.8) is 0 Å². The summed E-state index contributed by atoms with van der Waals surface area (Å²) >= 11 is 0. The number of likely N-dealkylation sites (tertiary alicyclic amines) is 1. The van der Waals surface area contributed by atoms with Crippen LogP contribution in [0.15, 0.2) is 4.79 Å². The number of rotatable bonds is 5. The van der Waals surface area contributed by atoms with E-state index < -0.39 is 0 Å². The fourth-order valence-electron chi connectivity index (χ4n) is 4.03. The van der Waals surface area contributed by atoms with Crippen molar-refractivity contribution < 1.29 is 9.53 Å². The van der Waals surface area contributed by atoms with Gasteiger partial charge in [0.25, 0.3) is 5.56 Å². The topological polar surface area (TPSA) is 78.5 Å². The second-order valence-corrected chi connectivity index (χ2v) is 7.64. The van der Waals surface area contributed by atoms with Crippen molar-refractivity contribution in [1.82, 2.24) is 14.9 Å². The first-order valence-corrected chi connectivity index (χ1v) is 10.3. The van der Waals surface area contributed by atoms with Crippen molar-refractivity contribution in [2.75, 3.05) is 44.3 Å². The first kappa shape index (κ1) is 19.9. The zero-order valence-electron chi connectivity index (χ0n) is 16.6. The van der Waals surface area contributed by atoms with Gasteiger partial charge in [-0.1, -0.05) is 13.3 Å². The number of amides is 1. The second kappa shape index (κ2) is 9.35. The number of nitrogens with one attached hydrogen (secondary N) is 1. The molecule has 0 aliphatic carbocycles. The number of ether oxygens (including phenoxy) is 1. The van der Waals surface area contributed by atoms with Crippen LogP contribution in [0.4, 0.5) is 5.95 Å². The summed E-state index contributed by atoms with van der Waals surface area (Å²) in [5.74, 6) is 1.50. The van der Waals surface area contributed by atoms with Crippen LogP contribution in [-0.2, 0) is 16.0 Å². The van der Waals surface area contributed by atoms with E-state index in [0.29, 0.717) is 37.6 Å². The van der Waals surface area contributed by atoms with Crippen LogP contribution in [0.1, 0.15) is 50.3 Å². The molecule has 3 rings (SSSR count). The van der Waals surface area contributed by atoms with Crippen LogP contribution in [-0.4, -0.2) is 60.2 Å². The standard InChI is InChI=1S/C20H32N4O3/c1-3-16-5-4-9-23(10-8-16)18(25)7-6-17-15(2)21-20(22-19(17)26)24-11-13-27-14-12-24/h16H,3-14H2,1-2H3,(H,21,22,26)/t16-/m0/s1. The Morgan fingerprint density at radius 1 is 1.22 bits per heavy atom. The third kappa shape index (κ3) is 5.09. The molecule has 3 heterocycles. The van der Waals surface area contributed by atoms with E-state index in [1.807, 2.05) is 16.7 Å². The van der Waals surface area contributed by atoms with Gasteiger partial charge in [0.05, 0.1) is 13.2 Å². The minimum absolute atomic E-state index is 0.126. The lowest BCUT2D eigenvalue weighted by Crippen LogP contribution is -2.39. The number of hydrogen-bond acceptors (Lipinski definition) is 5. The quantitative estimate of drug-likeness (QED) is 0.849. The minimum Gasteiger partial charge on any atom is -0.378 e. The number of aryl methyl sites for hydroxylation is 1. The van der Waals surface area contributed by atoms with Gasteiger partial charge in [0.1, 0.15) is 0 Å². The normalized spacial score (nSPS) is 21.2. The molecule has 1 aromatic heterocycles. The molecular weight excluding hydrogens is 344 g/mol. The highest BCUT2D eigenvalue weighted by Gasteiger charge is 2.21. The molecule has 2 saturated heterocycles. The van der Waals surface area contributed by atoms with Gasteiger partial charge in [-0.05, 0) is 38.5 Å². The summed E-state index contributed by atoms with van der Waals surface area (Å²) in [6, 6.07) is 0. The molecule has 0 saturated carbocycles. The van der Waals surface area contributed by atoms with Crippen molar-refractivity contribution >= 4 is 11.9 Å². The molecule has 1 amide bonds. The Morgan fingerprint density at radius 2 is 2.00 bits per heavy atom. The summed E-state index contributed by atoms with van der Waals surface area (Å²) in [6.07, 6.45) is 5.41. The number of hydrogen-bond donors (Lipinski definition) is 1. The van der Waals surface area contributed by atoms with Crippen LogP contribution in [0.25, 0.3) is 0 Å². The number of aromatic nitrogens is 2. The SMILES string of the molecule is CC[C@H]1CCCN(C(=O)CCc2c(C)nc(N3CCOCC3)[nH]c2=O)CC1. The number of anilines is 1. The average Bonchev–Trinajstić information content (AvgIpc) is 2.93. The van der Waals surface area contributed by atoms with E-state index >= 15 is 0 Å². The van der Waals surface area contributed by atoms with Gasteiger partial charge < -0.3 is 14.5 Å². The van der Waals surface area contributed by atoms with Gasteiger partial charge in [0.15, 0.2) is 0 Å². The van der Waals surface area contributed by atoms with E-state index in [1.165, 1.54) is 12.8 Å². The molecule has 2 fully saturated rings. The molecule has 27 heavy (non-hydrogen) atoms. The highest BCUT2D eigenvalue weighted by molar-refractivity contribution is 5.76. The van der Waals surface area contributed by atoms with E-state index in [1.54, 1.807) is 0 Å². The molecule has 2 aliphatic heterocycles. The predicted molar refractivity (Wildman–Crippen MR) is 105 cm³/mol. The van der Waals surface area contributed by atoms with Gasteiger partial charge in [-0.15, -0.1) is 0 Å². The summed E-state index contributed by atoms with van der Waals surface area (Å²) in [7, 11) is 0. The Bertz CT molecular complexity index is 697. The highest BCUT2D eigenvalue weighted by Crippen LogP contribution is 2.21. The Kier molecular flexibility index (Phi) is 6.88. The zero-order valence-corrected chi connectivity index (χ0v) is 16.6. The molecule has 0 aromatic carbocycles. The maximum Gasteiger partial charge on any atom is 0.255 e. The largest absolute Gasteiger partial charge is 0.378 e. The van der Waals surface area contributed by atoms with Crippen LogP contribution >= 0.6 is 0 Å².